The van der Waals surface area contributed by atoms with Gasteiger partial charge in [-0.15, -0.1) is 0 Å². The Morgan fingerprint density at radius 1 is 1.40 bits per heavy atom. The van der Waals surface area contributed by atoms with Crippen LogP contribution in [0.4, 0.5) is 0 Å². The molecule has 1 unspecified atom stereocenters. The Morgan fingerprint density at radius 3 is 2.33 bits per heavy atom. The third-order valence-corrected chi connectivity index (χ3v) is 4.71. The van der Waals surface area contributed by atoms with E-state index in [0.717, 1.165) is 12.8 Å². The summed E-state index contributed by atoms with van der Waals surface area (Å²) in [6.07, 6.45) is 2.52. The van der Waals surface area contributed by atoms with Crippen molar-refractivity contribution in [2.75, 3.05) is 19.3 Å². The van der Waals surface area contributed by atoms with E-state index in [1.54, 1.807) is 13.8 Å². The van der Waals surface area contributed by atoms with Crippen molar-refractivity contribution in [1.29, 1.82) is 0 Å². The second kappa shape index (κ2) is 5.82. The number of nitrogens with one attached hydrogen (secondary N) is 1. The van der Waals surface area contributed by atoms with Gasteiger partial charge in [-0.05, 0) is 20.3 Å². The average Bonchev–Trinajstić information content (AvgIpc) is 2.01. The van der Waals surface area contributed by atoms with Crippen LogP contribution in [0.3, 0.4) is 0 Å². The van der Waals surface area contributed by atoms with E-state index >= 15 is 0 Å². The van der Waals surface area contributed by atoms with Crippen LogP contribution in [0.25, 0.3) is 0 Å². The maximum absolute atomic E-state index is 11.4. The van der Waals surface area contributed by atoms with Gasteiger partial charge in [0.25, 0.3) is 0 Å². The molecule has 1 atom stereocenters. The number of aliphatic hydroxyl groups is 1. The number of rotatable bonds is 7. The van der Waals surface area contributed by atoms with E-state index in [1.807, 2.05) is 6.92 Å². The van der Waals surface area contributed by atoms with Crippen molar-refractivity contribution < 1.29 is 13.5 Å². The predicted octanol–water partition coefficient (Wildman–Crippen LogP) is 0.560. The summed E-state index contributed by atoms with van der Waals surface area (Å²) in [5.74, 6) is 0. The van der Waals surface area contributed by atoms with Gasteiger partial charge < -0.3 is 10.4 Å². The molecule has 0 bridgehead atoms. The van der Waals surface area contributed by atoms with Crippen LogP contribution in [-0.2, 0) is 9.84 Å². The largest absolute Gasteiger partial charge is 0.392 e. The zero-order valence-corrected chi connectivity index (χ0v) is 10.9. The first kappa shape index (κ1) is 14.9. The Morgan fingerprint density at radius 2 is 1.93 bits per heavy atom. The normalized spacial score (nSPS) is 15.3. The molecular weight excluding hydrogens is 214 g/mol. The number of aliphatic hydroxyl groups excluding tert-OH is 1. The van der Waals surface area contributed by atoms with Crippen LogP contribution in [0, 0.1) is 0 Å². The number of sulfone groups is 1. The SMILES string of the molecule is CCCC(O)CNCC(C)(C)S(C)(=O)=O. The van der Waals surface area contributed by atoms with Crippen molar-refractivity contribution in [3.63, 3.8) is 0 Å². The molecule has 92 valence electrons. The van der Waals surface area contributed by atoms with Crippen LogP contribution >= 0.6 is 0 Å². The molecular formula is C10H23NO3S. The third-order valence-electron chi connectivity index (χ3n) is 2.56. The van der Waals surface area contributed by atoms with Gasteiger partial charge in [0.2, 0.25) is 0 Å². The monoisotopic (exact) mass is 237 g/mol. The highest BCUT2D eigenvalue weighted by atomic mass is 32.2. The molecule has 0 spiro atoms. The molecule has 0 aromatic carbocycles. The van der Waals surface area contributed by atoms with Crippen molar-refractivity contribution in [3.05, 3.63) is 0 Å². The summed E-state index contributed by atoms with van der Waals surface area (Å²) in [4.78, 5) is 0. The highest BCUT2D eigenvalue weighted by Gasteiger charge is 2.29. The Balaban J connectivity index is 3.96. The van der Waals surface area contributed by atoms with E-state index in [1.165, 1.54) is 6.26 Å². The van der Waals surface area contributed by atoms with Gasteiger partial charge in [-0.2, -0.15) is 0 Å². The van der Waals surface area contributed by atoms with Crippen LogP contribution in [0.2, 0.25) is 0 Å². The fourth-order valence-corrected chi connectivity index (χ4v) is 1.47. The Labute approximate surface area is 93.0 Å². The second-order valence-corrected chi connectivity index (χ2v) is 7.25. The number of hydrogen-bond donors (Lipinski definition) is 2. The van der Waals surface area contributed by atoms with Crippen molar-refractivity contribution >= 4 is 9.84 Å². The fourth-order valence-electron chi connectivity index (χ4n) is 1.11. The maximum Gasteiger partial charge on any atom is 0.153 e. The van der Waals surface area contributed by atoms with Gasteiger partial charge in [-0.25, -0.2) is 8.42 Å². The van der Waals surface area contributed by atoms with Crippen molar-refractivity contribution in [2.45, 2.75) is 44.5 Å². The van der Waals surface area contributed by atoms with Gasteiger partial charge in [-0.3, -0.25) is 0 Å². The summed E-state index contributed by atoms with van der Waals surface area (Å²) in [6.45, 7) is 6.19. The van der Waals surface area contributed by atoms with E-state index in [0.29, 0.717) is 13.1 Å². The minimum Gasteiger partial charge on any atom is -0.392 e. The first-order chi connectivity index (χ1) is 6.70. The van der Waals surface area contributed by atoms with Gasteiger partial charge >= 0.3 is 0 Å². The predicted molar refractivity (Wildman–Crippen MR) is 62.7 cm³/mol. The lowest BCUT2D eigenvalue weighted by Gasteiger charge is -2.23. The van der Waals surface area contributed by atoms with Crippen molar-refractivity contribution in [1.82, 2.24) is 5.32 Å². The zero-order chi connectivity index (χ0) is 12.1. The van der Waals surface area contributed by atoms with E-state index in [9.17, 15) is 13.5 Å². The molecule has 0 saturated heterocycles. The van der Waals surface area contributed by atoms with Gasteiger partial charge in [0.05, 0.1) is 10.9 Å². The summed E-state index contributed by atoms with van der Waals surface area (Å²) >= 11 is 0. The molecule has 0 aromatic rings. The van der Waals surface area contributed by atoms with Crippen LogP contribution in [-0.4, -0.2) is 43.7 Å². The first-order valence-electron chi connectivity index (χ1n) is 5.29. The third kappa shape index (κ3) is 5.49. The van der Waals surface area contributed by atoms with E-state index in [-0.39, 0.29) is 6.10 Å². The lowest BCUT2D eigenvalue weighted by molar-refractivity contribution is 0.160. The van der Waals surface area contributed by atoms with Crippen LogP contribution < -0.4 is 5.32 Å². The van der Waals surface area contributed by atoms with E-state index < -0.39 is 14.6 Å². The second-order valence-electron chi connectivity index (χ2n) is 4.61. The highest BCUT2D eigenvalue weighted by molar-refractivity contribution is 7.92. The topological polar surface area (TPSA) is 66.4 Å². The fraction of sp³-hybridized carbons (Fsp3) is 1.00. The molecule has 0 aromatic heterocycles. The minimum atomic E-state index is -3.06. The molecule has 5 heteroatoms. The summed E-state index contributed by atoms with van der Waals surface area (Å²) in [7, 11) is -3.06. The van der Waals surface area contributed by atoms with Gasteiger partial charge in [-0.1, -0.05) is 13.3 Å². The Hall–Kier alpha value is -0.130. The molecule has 0 amide bonds. The van der Waals surface area contributed by atoms with Crippen LogP contribution in [0.1, 0.15) is 33.6 Å². The quantitative estimate of drug-likeness (QED) is 0.679. The zero-order valence-electron chi connectivity index (χ0n) is 10.1. The standard InChI is InChI=1S/C10H23NO3S/c1-5-6-9(12)7-11-8-10(2,3)15(4,13)14/h9,11-12H,5-8H2,1-4H3. The summed E-state index contributed by atoms with van der Waals surface area (Å²) in [5.41, 5.74) is 0. The molecule has 0 fully saturated rings. The summed E-state index contributed by atoms with van der Waals surface area (Å²) in [5, 5.41) is 12.4. The number of hydrogen-bond acceptors (Lipinski definition) is 4. The maximum atomic E-state index is 11.4. The Bertz CT molecular complexity index is 272. The average molecular weight is 237 g/mol. The van der Waals surface area contributed by atoms with Gasteiger partial charge in [0.15, 0.2) is 9.84 Å². The molecule has 0 saturated carbocycles. The van der Waals surface area contributed by atoms with Crippen molar-refractivity contribution in [2.24, 2.45) is 0 Å². The summed E-state index contributed by atoms with van der Waals surface area (Å²) in [6, 6.07) is 0. The minimum absolute atomic E-state index is 0.368. The smallest absolute Gasteiger partial charge is 0.153 e. The molecule has 0 heterocycles. The van der Waals surface area contributed by atoms with Crippen LogP contribution in [0.15, 0.2) is 0 Å². The highest BCUT2D eigenvalue weighted by Crippen LogP contribution is 2.13. The van der Waals surface area contributed by atoms with Gasteiger partial charge in [0.1, 0.15) is 0 Å². The molecule has 4 nitrogen and oxygen atoms in total. The molecule has 15 heavy (non-hydrogen) atoms. The molecule has 2 N–H and O–H groups in total. The first-order valence-corrected chi connectivity index (χ1v) is 7.18. The van der Waals surface area contributed by atoms with E-state index in [2.05, 4.69) is 5.32 Å². The lowest BCUT2D eigenvalue weighted by Crippen LogP contribution is -2.43. The molecule has 0 aliphatic heterocycles. The van der Waals surface area contributed by atoms with Crippen LogP contribution in [0.5, 0.6) is 0 Å². The molecule has 0 aliphatic carbocycles. The lowest BCUT2D eigenvalue weighted by atomic mass is 10.2. The Kier molecular flexibility index (Phi) is 5.77. The van der Waals surface area contributed by atoms with Gasteiger partial charge in [0, 0.05) is 19.3 Å². The molecule has 0 rings (SSSR count). The van der Waals surface area contributed by atoms with E-state index in [4.69, 9.17) is 0 Å². The molecule has 0 aliphatic rings. The van der Waals surface area contributed by atoms with Crippen molar-refractivity contribution in [3.8, 4) is 0 Å². The molecule has 0 radical (unpaired) electrons. The summed E-state index contributed by atoms with van der Waals surface area (Å²) < 4.78 is 21.9.